The Morgan fingerprint density at radius 2 is 1.56 bits per heavy atom. The van der Waals surface area contributed by atoms with E-state index in [1.54, 1.807) is 6.92 Å². The normalized spacial score (nSPS) is 21.3. The molecule has 34 heavy (non-hydrogen) atoms. The molecule has 0 aliphatic heterocycles. The first-order valence-electron chi connectivity index (χ1n) is 11.8. The van der Waals surface area contributed by atoms with E-state index in [1.165, 1.54) is 33.4 Å². The van der Waals surface area contributed by atoms with Crippen molar-refractivity contribution in [2.75, 3.05) is 13.2 Å². The fourth-order valence-electron chi connectivity index (χ4n) is 5.68. The molecule has 4 aliphatic rings. The highest BCUT2D eigenvalue weighted by Gasteiger charge is 2.51. The SMILES string of the molecule is C=C(C)C(=O)OCCOC(=O)CCC12C3=C(C=CCC=C3)C(c3ccccc31)c1ccccc12. The molecule has 0 aromatic heterocycles. The van der Waals surface area contributed by atoms with Crippen molar-refractivity contribution in [3.05, 3.63) is 118 Å². The Bertz CT molecular complexity index is 1210. The highest BCUT2D eigenvalue weighted by Crippen LogP contribution is 2.61. The molecule has 0 amide bonds. The Balaban J connectivity index is 1.46. The number of ether oxygens (including phenoxy) is 2. The summed E-state index contributed by atoms with van der Waals surface area (Å²) in [6, 6.07) is 17.3. The number of hydrogen-bond donors (Lipinski definition) is 0. The topological polar surface area (TPSA) is 52.6 Å². The third kappa shape index (κ3) is 3.54. The Kier molecular flexibility index (Phi) is 5.82. The van der Waals surface area contributed by atoms with Gasteiger partial charge in [0.05, 0.1) is 0 Å². The van der Waals surface area contributed by atoms with E-state index in [1.807, 2.05) is 0 Å². The number of benzene rings is 2. The molecule has 2 aromatic rings. The maximum atomic E-state index is 12.8. The molecule has 172 valence electrons. The lowest BCUT2D eigenvalue weighted by atomic mass is 9.51. The average molecular weight is 453 g/mol. The van der Waals surface area contributed by atoms with Gasteiger partial charge >= 0.3 is 11.9 Å². The van der Waals surface area contributed by atoms with Crippen LogP contribution in [0.2, 0.25) is 0 Å². The van der Waals surface area contributed by atoms with Crippen LogP contribution in [0.25, 0.3) is 0 Å². The molecule has 0 saturated heterocycles. The highest BCUT2D eigenvalue weighted by atomic mass is 16.6. The molecule has 4 heteroatoms. The summed E-state index contributed by atoms with van der Waals surface area (Å²) in [6.07, 6.45) is 10.7. The molecule has 4 nitrogen and oxygen atoms in total. The lowest BCUT2D eigenvalue weighted by molar-refractivity contribution is -0.150. The molecule has 0 N–H and O–H groups in total. The van der Waals surface area contributed by atoms with Gasteiger partial charge in [-0.1, -0.05) is 79.4 Å². The molecular formula is C30H28O4. The minimum absolute atomic E-state index is 0.0265. The van der Waals surface area contributed by atoms with E-state index in [4.69, 9.17) is 9.47 Å². The van der Waals surface area contributed by atoms with Gasteiger partial charge < -0.3 is 9.47 Å². The van der Waals surface area contributed by atoms with E-state index in [9.17, 15) is 9.59 Å². The fraction of sp³-hybridized carbons (Fsp3) is 0.267. The smallest absolute Gasteiger partial charge is 0.333 e. The van der Waals surface area contributed by atoms with Crippen molar-refractivity contribution < 1.29 is 19.1 Å². The number of allylic oxidation sites excluding steroid dienone is 6. The van der Waals surface area contributed by atoms with Crippen LogP contribution in [0.15, 0.2) is 96.1 Å². The van der Waals surface area contributed by atoms with Crippen LogP contribution in [0.3, 0.4) is 0 Å². The monoisotopic (exact) mass is 452 g/mol. The van der Waals surface area contributed by atoms with Gasteiger partial charge in [0.25, 0.3) is 0 Å². The molecule has 4 aliphatic carbocycles. The predicted octanol–water partition coefficient (Wildman–Crippen LogP) is 5.69. The van der Waals surface area contributed by atoms with Gasteiger partial charge in [0.2, 0.25) is 0 Å². The second-order valence-corrected chi connectivity index (χ2v) is 9.06. The summed E-state index contributed by atoms with van der Waals surface area (Å²) in [5.41, 5.74) is 7.72. The first kappa shape index (κ1) is 22.1. The molecule has 0 saturated carbocycles. The molecule has 0 fully saturated rings. The van der Waals surface area contributed by atoms with E-state index in [0.29, 0.717) is 12.0 Å². The Labute approximate surface area is 200 Å². The molecule has 2 aromatic carbocycles. The van der Waals surface area contributed by atoms with Crippen molar-refractivity contribution >= 4 is 11.9 Å². The second-order valence-electron chi connectivity index (χ2n) is 9.06. The third-order valence-corrected chi connectivity index (χ3v) is 7.03. The average Bonchev–Trinajstić information content (AvgIpc) is 3.12. The van der Waals surface area contributed by atoms with Gasteiger partial charge in [-0.25, -0.2) is 4.79 Å². The van der Waals surface area contributed by atoms with Crippen LogP contribution in [0, 0.1) is 0 Å². The van der Waals surface area contributed by atoms with Crippen LogP contribution in [0.5, 0.6) is 0 Å². The van der Waals surface area contributed by atoms with Gasteiger partial charge in [-0.05, 0) is 53.2 Å². The standard InChI is InChI=1S/C30H28O4/c1-20(2)29(32)34-19-18-33-27(31)16-17-30-24-13-5-3-4-10-21(24)28(22-11-6-8-14-25(22)30)23-12-7-9-15-26(23)30/h4-15,28H,1,3,16-19H2,2H3. The van der Waals surface area contributed by atoms with Gasteiger partial charge in [0.1, 0.15) is 13.2 Å². The maximum Gasteiger partial charge on any atom is 0.333 e. The summed E-state index contributed by atoms with van der Waals surface area (Å²) in [5.74, 6) is -0.563. The minimum Gasteiger partial charge on any atom is -0.462 e. The van der Waals surface area contributed by atoms with Gasteiger partial charge in [0.15, 0.2) is 0 Å². The van der Waals surface area contributed by atoms with Crippen molar-refractivity contribution in [2.24, 2.45) is 0 Å². The molecular weight excluding hydrogens is 424 g/mol. The fourth-order valence-corrected chi connectivity index (χ4v) is 5.68. The number of hydrogen-bond acceptors (Lipinski definition) is 4. The summed E-state index contributed by atoms with van der Waals surface area (Å²) < 4.78 is 10.4. The Morgan fingerprint density at radius 1 is 0.941 bits per heavy atom. The van der Waals surface area contributed by atoms with Crippen LogP contribution in [0.4, 0.5) is 0 Å². The van der Waals surface area contributed by atoms with Crippen molar-refractivity contribution in [1.82, 2.24) is 0 Å². The van der Waals surface area contributed by atoms with E-state index >= 15 is 0 Å². The van der Waals surface area contributed by atoms with Crippen LogP contribution >= 0.6 is 0 Å². The van der Waals surface area contributed by atoms with E-state index in [-0.39, 0.29) is 31.5 Å². The zero-order chi connectivity index (χ0) is 23.7. The van der Waals surface area contributed by atoms with Crippen molar-refractivity contribution in [3.63, 3.8) is 0 Å². The van der Waals surface area contributed by atoms with Crippen LogP contribution < -0.4 is 0 Å². The Morgan fingerprint density at radius 3 is 2.24 bits per heavy atom. The summed E-state index contributed by atoms with van der Waals surface area (Å²) in [4.78, 5) is 24.3. The Hall–Kier alpha value is -3.66. The van der Waals surface area contributed by atoms with Crippen LogP contribution in [0.1, 0.15) is 54.4 Å². The van der Waals surface area contributed by atoms with Crippen molar-refractivity contribution in [1.29, 1.82) is 0 Å². The van der Waals surface area contributed by atoms with Crippen molar-refractivity contribution in [2.45, 2.75) is 37.5 Å². The number of carbonyl (C=O) groups is 2. The molecule has 6 rings (SSSR count). The highest BCUT2D eigenvalue weighted by molar-refractivity contribution is 5.86. The van der Waals surface area contributed by atoms with E-state index in [2.05, 4.69) is 79.4 Å². The minimum atomic E-state index is -0.477. The largest absolute Gasteiger partial charge is 0.462 e. The quantitative estimate of drug-likeness (QED) is 0.308. The van der Waals surface area contributed by atoms with Gasteiger partial charge in [0, 0.05) is 23.3 Å². The van der Waals surface area contributed by atoms with E-state index in [0.717, 1.165) is 6.42 Å². The summed E-state index contributed by atoms with van der Waals surface area (Å²) in [7, 11) is 0. The predicted molar refractivity (Wildman–Crippen MR) is 131 cm³/mol. The van der Waals surface area contributed by atoms with Gasteiger partial charge in [-0.15, -0.1) is 0 Å². The molecule has 0 heterocycles. The van der Waals surface area contributed by atoms with E-state index < -0.39 is 11.4 Å². The summed E-state index contributed by atoms with van der Waals surface area (Å²) >= 11 is 0. The van der Waals surface area contributed by atoms with Crippen LogP contribution in [-0.4, -0.2) is 25.2 Å². The van der Waals surface area contributed by atoms with Gasteiger partial charge in [-0.3, -0.25) is 4.79 Å². The number of esters is 2. The summed E-state index contributed by atoms with van der Waals surface area (Å²) in [5, 5.41) is 0. The zero-order valence-corrected chi connectivity index (χ0v) is 19.4. The molecule has 2 bridgehead atoms. The molecule has 0 radical (unpaired) electrons. The lowest BCUT2D eigenvalue weighted by Crippen LogP contribution is -2.42. The van der Waals surface area contributed by atoms with Crippen LogP contribution in [-0.2, 0) is 24.5 Å². The van der Waals surface area contributed by atoms with Gasteiger partial charge in [-0.2, -0.15) is 0 Å². The zero-order valence-electron chi connectivity index (χ0n) is 19.4. The number of rotatable bonds is 7. The molecule has 0 spiro atoms. The van der Waals surface area contributed by atoms with Crippen molar-refractivity contribution in [3.8, 4) is 0 Å². The lowest BCUT2D eigenvalue weighted by Gasteiger charge is -2.51. The molecule has 0 atom stereocenters. The maximum absolute atomic E-state index is 12.8. The first-order chi connectivity index (χ1) is 16.5. The first-order valence-corrected chi connectivity index (χ1v) is 11.8. The molecule has 0 unspecified atom stereocenters. The summed E-state index contributed by atoms with van der Waals surface area (Å²) in [6.45, 7) is 5.20. The third-order valence-electron chi connectivity index (χ3n) is 7.03. The second kappa shape index (κ2) is 8.94. The number of carbonyl (C=O) groups excluding carboxylic acids is 2.